The number of aliphatic hydroxyl groups is 1. The van der Waals surface area contributed by atoms with Crippen LogP contribution in [0.5, 0.6) is 0 Å². The van der Waals surface area contributed by atoms with Crippen LogP contribution >= 0.6 is 11.3 Å². The summed E-state index contributed by atoms with van der Waals surface area (Å²) in [7, 11) is -2.26. The molecule has 0 saturated carbocycles. The third-order valence-electron chi connectivity index (χ3n) is 4.43. The number of nitrogens with one attached hydrogen (secondary N) is 2. The number of nitrogens with zero attached hydrogens (tertiary/aromatic N) is 4. The zero-order valence-corrected chi connectivity index (χ0v) is 20.3. The largest absolute Gasteiger partial charge is 0.448 e. The maximum Gasteiger partial charge on any atom is 0.441 e. The average Bonchev–Trinajstić information content (AvgIpc) is 3.28. The van der Waals surface area contributed by atoms with E-state index in [2.05, 4.69) is 35.8 Å². The van der Waals surface area contributed by atoms with Gasteiger partial charge >= 0.3 is 6.09 Å². The van der Waals surface area contributed by atoms with Gasteiger partial charge in [0.15, 0.2) is 0 Å². The van der Waals surface area contributed by atoms with Crippen LogP contribution in [0.3, 0.4) is 0 Å². The highest BCUT2D eigenvalue weighted by Crippen LogP contribution is 2.33. The molecule has 178 valence electrons. The molecule has 0 aliphatic rings. The molecule has 0 aliphatic heterocycles. The number of amides is 1. The Kier molecular flexibility index (Phi) is 8.92. The molecule has 12 heteroatoms. The van der Waals surface area contributed by atoms with Crippen LogP contribution in [0.4, 0.5) is 22.2 Å². The fraction of sp³-hybridized carbons (Fsp3) is 0.273. The zero-order chi connectivity index (χ0) is 24.5. The van der Waals surface area contributed by atoms with Crippen LogP contribution in [0.2, 0.25) is 0 Å². The normalized spacial score (nSPS) is 12.5. The molecular formula is C22H24N6O4S2. The first-order valence-corrected chi connectivity index (χ1v) is 12.4. The monoisotopic (exact) mass is 500 g/mol. The van der Waals surface area contributed by atoms with E-state index in [0.29, 0.717) is 28.8 Å². The number of ether oxygens (including phenoxy) is 1. The van der Waals surface area contributed by atoms with Crippen molar-refractivity contribution in [3.05, 3.63) is 47.5 Å². The molecule has 1 amide bonds. The number of hydrogen-bond acceptors (Lipinski definition) is 10. The van der Waals surface area contributed by atoms with E-state index in [1.165, 1.54) is 11.3 Å². The van der Waals surface area contributed by atoms with E-state index in [9.17, 15) is 14.1 Å². The average molecular weight is 501 g/mol. The second kappa shape index (κ2) is 12.1. The highest BCUT2D eigenvalue weighted by molar-refractivity contribution is 7.75. The standard InChI is InChI=1S/C22H24N6O4S2/c1-3-32-22(30)28-34(31)17-6-4-16(5-7-17)26-21-24-11-18(20(27-21)25-14(2)12-29)19-10-15(8-9-23)13-33-19/h4-7,10-11,13-14,29,34H,3,8,12H2,1-2H3,(H2,24,25,26,27)/t14-/m1/s1. The van der Waals surface area contributed by atoms with Crippen molar-refractivity contribution in [3.63, 3.8) is 0 Å². The lowest BCUT2D eigenvalue weighted by Gasteiger charge is -2.16. The SMILES string of the molecule is CCOC(=O)N=[SH](=O)c1ccc(Nc2ncc(-c3cc(CC#N)cs3)c(N[C@H](C)CO)n2)cc1. The highest BCUT2D eigenvalue weighted by Gasteiger charge is 2.14. The van der Waals surface area contributed by atoms with Crippen LogP contribution in [0.1, 0.15) is 19.4 Å². The quantitative estimate of drug-likeness (QED) is 0.320. The summed E-state index contributed by atoms with van der Waals surface area (Å²) >= 11 is 1.49. The lowest BCUT2D eigenvalue weighted by Crippen LogP contribution is -2.21. The van der Waals surface area contributed by atoms with Gasteiger partial charge in [-0.25, -0.2) is 14.0 Å². The molecule has 3 aromatic rings. The number of anilines is 3. The maximum absolute atomic E-state index is 12.2. The number of carbonyl (C=O) groups is 1. The number of thiol groups is 1. The molecule has 0 spiro atoms. The Morgan fingerprint density at radius 1 is 1.38 bits per heavy atom. The second-order valence-corrected chi connectivity index (χ2v) is 9.26. The van der Waals surface area contributed by atoms with Gasteiger partial charge in [0.2, 0.25) is 5.95 Å². The van der Waals surface area contributed by atoms with Gasteiger partial charge < -0.3 is 20.5 Å². The van der Waals surface area contributed by atoms with Gasteiger partial charge in [-0.2, -0.15) is 10.2 Å². The van der Waals surface area contributed by atoms with E-state index in [1.807, 2.05) is 18.4 Å². The van der Waals surface area contributed by atoms with E-state index in [4.69, 9.17) is 5.26 Å². The van der Waals surface area contributed by atoms with Gasteiger partial charge in [0.25, 0.3) is 0 Å². The second-order valence-electron chi connectivity index (χ2n) is 7.08. The van der Waals surface area contributed by atoms with Crippen LogP contribution in [0.25, 0.3) is 10.4 Å². The summed E-state index contributed by atoms with van der Waals surface area (Å²) in [5.41, 5.74) is 2.32. The van der Waals surface area contributed by atoms with Crippen LogP contribution in [-0.4, -0.2) is 44.6 Å². The molecule has 3 N–H and O–H groups in total. The molecule has 2 heterocycles. The molecule has 0 bridgehead atoms. The summed E-state index contributed by atoms with van der Waals surface area (Å²) in [6.45, 7) is 3.56. The van der Waals surface area contributed by atoms with E-state index in [0.717, 1.165) is 16.0 Å². The topological polar surface area (TPSA) is 150 Å². The van der Waals surface area contributed by atoms with Crippen molar-refractivity contribution in [2.75, 3.05) is 23.8 Å². The molecule has 34 heavy (non-hydrogen) atoms. The van der Waals surface area contributed by atoms with Crippen molar-refractivity contribution in [3.8, 4) is 16.5 Å². The van der Waals surface area contributed by atoms with Crippen molar-refractivity contribution in [1.82, 2.24) is 9.97 Å². The first-order valence-electron chi connectivity index (χ1n) is 10.3. The number of aromatic nitrogens is 2. The molecule has 1 unspecified atom stereocenters. The smallest absolute Gasteiger partial charge is 0.441 e. The molecule has 0 aliphatic carbocycles. The van der Waals surface area contributed by atoms with Crippen LogP contribution < -0.4 is 10.6 Å². The third kappa shape index (κ3) is 6.74. The van der Waals surface area contributed by atoms with Crippen molar-refractivity contribution in [1.29, 1.82) is 5.26 Å². The molecule has 10 nitrogen and oxygen atoms in total. The summed E-state index contributed by atoms with van der Waals surface area (Å²) in [5.74, 6) is 0.857. The Bertz CT molecular complexity index is 1260. The third-order valence-corrected chi connectivity index (χ3v) is 6.53. The highest BCUT2D eigenvalue weighted by atomic mass is 32.2. The summed E-state index contributed by atoms with van der Waals surface area (Å²) in [6, 6.07) is 10.4. The Morgan fingerprint density at radius 2 is 2.15 bits per heavy atom. The number of hydrogen-bond donors (Lipinski definition) is 4. The Balaban J connectivity index is 1.83. The summed E-state index contributed by atoms with van der Waals surface area (Å²) in [4.78, 5) is 21.6. The van der Waals surface area contributed by atoms with Gasteiger partial charge in [-0.1, -0.05) is 0 Å². The van der Waals surface area contributed by atoms with E-state index in [-0.39, 0.29) is 19.3 Å². The Labute approximate surface area is 202 Å². The summed E-state index contributed by atoms with van der Waals surface area (Å²) in [5, 5.41) is 26.6. The van der Waals surface area contributed by atoms with Crippen LogP contribution in [0, 0.1) is 11.3 Å². The zero-order valence-electron chi connectivity index (χ0n) is 18.6. The maximum atomic E-state index is 12.2. The minimum Gasteiger partial charge on any atom is -0.448 e. The van der Waals surface area contributed by atoms with Gasteiger partial charge in [-0.05, 0) is 55.1 Å². The minimum absolute atomic E-state index is 0.0766. The lowest BCUT2D eigenvalue weighted by atomic mass is 10.2. The fourth-order valence-electron chi connectivity index (χ4n) is 2.80. The first-order chi connectivity index (χ1) is 16.4. The Hall–Kier alpha value is -3.53. The van der Waals surface area contributed by atoms with Crippen molar-refractivity contribution < 1.29 is 18.8 Å². The summed E-state index contributed by atoms with van der Waals surface area (Å²) < 4.78 is 20.4. The minimum atomic E-state index is -2.26. The number of rotatable bonds is 9. The Morgan fingerprint density at radius 3 is 2.82 bits per heavy atom. The van der Waals surface area contributed by atoms with Crippen LogP contribution in [0.15, 0.2) is 51.2 Å². The van der Waals surface area contributed by atoms with Crippen molar-refractivity contribution in [2.45, 2.75) is 31.2 Å². The van der Waals surface area contributed by atoms with Gasteiger partial charge in [0.1, 0.15) is 5.82 Å². The van der Waals surface area contributed by atoms with E-state index < -0.39 is 16.7 Å². The summed E-state index contributed by atoms with van der Waals surface area (Å²) in [6.07, 6.45) is 1.14. The first kappa shape index (κ1) is 25.1. The number of nitriles is 1. The molecule has 0 radical (unpaired) electrons. The van der Waals surface area contributed by atoms with E-state index >= 15 is 0 Å². The molecule has 1 aromatic carbocycles. The van der Waals surface area contributed by atoms with Crippen molar-refractivity contribution >= 4 is 45.5 Å². The number of carbonyl (C=O) groups excluding carboxylic acids is 1. The lowest BCUT2D eigenvalue weighted by molar-refractivity contribution is 0.164. The van der Waals surface area contributed by atoms with Crippen LogP contribution in [-0.2, 0) is 21.8 Å². The molecular weight excluding hydrogens is 476 g/mol. The van der Waals surface area contributed by atoms with Gasteiger partial charge in [0.05, 0.1) is 41.9 Å². The molecule has 0 saturated heterocycles. The van der Waals surface area contributed by atoms with E-state index in [1.54, 1.807) is 37.4 Å². The van der Waals surface area contributed by atoms with Gasteiger partial charge in [-0.3, -0.25) is 0 Å². The number of benzene rings is 1. The predicted octanol–water partition coefficient (Wildman–Crippen LogP) is 3.99. The van der Waals surface area contributed by atoms with Crippen molar-refractivity contribution in [2.24, 2.45) is 4.36 Å². The fourth-order valence-corrected chi connectivity index (χ4v) is 4.45. The molecule has 2 atom stereocenters. The molecule has 0 fully saturated rings. The molecule has 3 rings (SSSR count). The number of aliphatic hydroxyl groups excluding tert-OH is 1. The number of thiophene rings is 1. The predicted molar refractivity (Wildman–Crippen MR) is 132 cm³/mol. The molecule has 2 aromatic heterocycles. The van der Waals surface area contributed by atoms with Gasteiger partial charge in [0, 0.05) is 27.7 Å². The van der Waals surface area contributed by atoms with Gasteiger partial charge in [-0.15, -0.1) is 15.7 Å².